The number of fused-ring (bicyclic) bond motifs is 3. The monoisotopic (exact) mass is 490 g/mol. The summed E-state index contributed by atoms with van der Waals surface area (Å²) in [5.41, 5.74) is 9.44. The number of aryl methyl sites for hydroxylation is 1. The summed E-state index contributed by atoms with van der Waals surface area (Å²) in [6.07, 6.45) is 3.79. The molecule has 168 valence electrons. The molecule has 32 heavy (non-hydrogen) atoms. The Balaban J connectivity index is 1.63. The highest BCUT2D eigenvalue weighted by atomic mass is 35.5. The molecule has 4 rings (SSSR count). The third kappa shape index (κ3) is 4.45. The summed E-state index contributed by atoms with van der Waals surface area (Å²) in [7, 11) is 3.46. The van der Waals surface area contributed by atoms with Crippen LogP contribution in [0.4, 0.5) is 17.2 Å². The lowest BCUT2D eigenvalue weighted by Crippen LogP contribution is -2.37. The number of hydrogen-bond acceptors (Lipinski definition) is 9. The van der Waals surface area contributed by atoms with Crippen molar-refractivity contribution in [2.45, 2.75) is 24.2 Å². The van der Waals surface area contributed by atoms with Crippen LogP contribution in [0.15, 0.2) is 28.5 Å². The largest absolute Gasteiger partial charge is 0.383 e. The van der Waals surface area contributed by atoms with Crippen molar-refractivity contribution in [3.05, 3.63) is 33.9 Å². The lowest BCUT2D eigenvalue weighted by molar-refractivity contribution is -0.135. The molecule has 0 saturated heterocycles. The second-order valence-electron chi connectivity index (χ2n) is 7.66. The van der Waals surface area contributed by atoms with Crippen molar-refractivity contribution in [2.75, 3.05) is 32.6 Å². The van der Waals surface area contributed by atoms with E-state index in [1.54, 1.807) is 35.5 Å². The lowest BCUT2D eigenvalue weighted by Gasteiger charge is -2.26. The number of thiol groups is 1. The van der Waals surface area contributed by atoms with Crippen molar-refractivity contribution >= 4 is 68.9 Å². The van der Waals surface area contributed by atoms with Gasteiger partial charge in [-0.2, -0.15) is 5.11 Å². The average Bonchev–Trinajstić information content (AvgIpc) is 3.17. The molecule has 2 heterocycles. The minimum absolute atomic E-state index is 0.0378. The summed E-state index contributed by atoms with van der Waals surface area (Å²) in [4.78, 5) is 26.1. The lowest BCUT2D eigenvalue weighted by atomic mass is 9.87. The number of nitrogens with zero attached hydrogens (tertiary/aromatic N) is 4. The van der Waals surface area contributed by atoms with E-state index in [4.69, 9.17) is 21.9 Å². The van der Waals surface area contributed by atoms with E-state index in [-0.39, 0.29) is 11.8 Å². The minimum atomic E-state index is -0.0378. The van der Waals surface area contributed by atoms with Gasteiger partial charge in [-0.25, -0.2) is 15.5 Å². The number of aromatic nitrogens is 2. The fourth-order valence-corrected chi connectivity index (χ4v) is 5.65. The third-order valence-electron chi connectivity index (χ3n) is 5.64. The first-order valence-corrected chi connectivity index (χ1v) is 11.7. The van der Waals surface area contributed by atoms with Crippen LogP contribution in [-0.2, 0) is 22.4 Å². The molecular weight excluding hydrogens is 468 g/mol. The van der Waals surface area contributed by atoms with E-state index in [1.165, 1.54) is 16.8 Å². The van der Waals surface area contributed by atoms with E-state index in [2.05, 4.69) is 33.0 Å². The fourth-order valence-electron chi connectivity index (χ4n) is 3.93. The number of carbonyl (C=O) groups excluding carboxylic acids is 1. The number of ether oxygens (including phenoxy) is 1. The smallest absolute Gasteiger partial charge is 0.225 e. The maximum atomic E-state index is 12.9. The van der Waals surface area contributed by atoms with Gasteiger partial charge in [-0.15, -0.1) is 24.0 Å². The first kappa shape index (κ1) is 22.9. The average molecular weight is 491 g/mol. The second kappa shape index (κ2) is 9.70. The van der Waals surface area contributed by atoms with Crippen LogP contribution < -0.4 is 5.32 Å². The van der Waals surface area contributed by atoms with Crippen LogP contribution in [0.1, 0.15) is 16.9 Å². The number of methoxy groups -OCH3 is 1. The number of nitrogens with one attached hydrogen (secondary N) is 2. The quantitative estimate of drug-likeness (QED) is 0.310. The molecule has 1 amide bonds. The van der Waals surface area contributed by atoms with Gasteiger partial charge in [0.25, 0.3) is 0 Å². The molecule has 0 aliphatic heterocycles. The standard InChI is InChI=1S/C21H23ClN6O2S2/c1-28(5-6-30-2)21(29)11-3-4-12-17(7-11)32-20-18(12)19(24-10-25-20)26-14-9-16(31)15(27-23)8-13(14)22/h8-11,23,31H,3-7H2,1-2H3,(H,24,25,26). The molecule has 11 heteroatoms. The number of hydrogen-bond donors (Lipinski definition) is 3. The van der Waals surface area contributed by atoms with Gasteiger partial charge < -0.3 is 15.0 Å². The zero-order valence-electron chi connectivity index (χ0n) is 17.7. The van der Waals surface area contributed by atoms with Gasteiger partial charge in [-0.1, -0.05) is 11.6 Å². The highest BCUT2D eigenvalue weighted by molar-refractivity contribution is 7.80. The Bertz CT molecular complexity index is 1180. The molecule has 1 aromatic carbocycles. The molecule has 0 fully saturated rings. The predicted molar refractivity (Wildman–Crippen MR) is 129 cm³/mol. The normalized spacial score (nSPS) is 15.4. The molecule has 0 saturated carbocycles. The molecule has 1 aliphatic carbocycles. The van der Waals surface area contributed by atoms with Crippen molar-refractivity contribution in [2.24, 2.45) is 11.0 Å². The molecule has 3 aromatic rings. The third-order valence-corrected chi connectivity index (χ3v) is 7.47. The van der Waals surface area contributed by atoms with Crippen molar-refractivity contribution in [1.82, 2.24) is 14.9 Å². The molecular formula is C21H23ClN6O2S2. The van der Waals surface area contributed by atoms with Gasteiger partial charge >= 0.3 is 0 Å². The van der Waals surface area contributed by atoms with Crippen molar-refractivity contribution < 1.29 is 9.53 Å². The summed E-state index contributed by atoms with van der Waals surface area (Å²) < 4.78 is 5.09. The number of benzene rings is 1. The molecule has 0 radical (unpaired) electrons. The van der Waals surface area contributed by atoms with E-state index < -0.39 is 0 Å². The van der Waals surface area contributed by atoms with E-state index in [1.807, 2.05) is 7.05 Å². The molecule has 1 atom stereocenters. The highest BCUT2D eigenvalue weighted by Crippen LogP contribution is 2.42. The first-order chi connectivity index (χ1) is 15.4. The highest BCUT2D eigenvalue weighted by Gasteiger charge is 2.30. The van der Waals surface area contributed by atoms with Crippen LogP contribution in [0.25, 0.3) is 10.2 Å². The summed E-state index contributed by atoms with van der Waals surface area (Å²) in [6.45, 7) is 1.12. The maximum absolute atomic E-state index is 12.9. The van der Waals surface area contributed by atoms with E-state index >= 15 is 0 Å². The Morgan fingerprint density at radius 3 is 3.03 bits per heavy atom. The van der Waals surface area contributed by atoms with Crippen LogP contribution in [0.5, 0.6) is 0 Å². The Labute approximate surface area is 200 Å². The van der Waals surface area contributed by atoms with Crippen molar-refractivity contribution in [3.8, 4) is 0 Å². The van der Waals surface area contributed by atoms with Crippen LogP contribution in [0.2, 0.25) is 5.02 Å². The summed E-state index contributed by atoms with van der Waals surface area (Å²) in [5.74, 6) is 0.784. The zero-order valence-corrected chi connectivity index (χ0v) is 20.2. The van der Waals surface area contributed by atoms with Gasteiger partial charge in [0.2, 0.25) is 5.91 Å². The fraction of sp³-hybridized carbons (Fsp3) is 0.381. The number of carbonyl (C=O) groups is 1. The van der Waals surface area contributed by atoms with Gasteiger partial charge in [0.1, 0.15) is 17.0 Å². The summed E-state index contributed by atoms with van der Waals surface area (Å²) >= 11 is 12.4. The first-order valence-electron chi connectivity index (χ1n) is 10.1. The second-order valence-corrected chi connectivity index (χ2v) is 9.63. The summed E-state index contributed by atoms with van der Waals surface area (Å²) in [6, 6.07) is 3.33. The molecule has 0 spiro atoms. The van der Waals surface area contributed by atoms with E-state index in [9.17, 15) is 4.79 Å². The molecule has 1 unspecified atom stereocenters. The number of anilines is 2. The van der Waals surface area contributed by atoms with Crippen molar-refractivity contribution in [1.29, 1.82) is 5.53 Å². The summed E-state index contributed by atoms with van der Waals surface area (Å²) in [5, 5.41) is 8.12. The van der Waals surface area contributed by atoms with Crippen LogP contribution >= 0.6 is 35.6 Å². The van der Waals surface area contributed by atoms with E-state index in [0.717, 1.165) is 23.1 Å². The minimum Gasteiger partial charge on any atom is -0.383 e. The topological polar surface area (TPSA) is 104 Å². The Kier molecular flexibility index (Phi) is 6.94. The van der Waals surface area contributed by atoms with Gasteiger partial charge in [0, 0.05) is 36.4 Å². The molecule has 2 aromatic heterocycles. The number of thiophene rings is 1. The van der Waals surface area contributed by atoms with E-state index in [0.29, 0.717) is 46.7 Å². The van der Waals surface area contributed by atoms with Crippen LogP contribution in [0, 0.1) is 11.4 Å². The van der Waals surface area contributed by atoms with Gasteiger partial charge in [-0.05, 0) is 37.0 Å². The zero-order chi connectivity index (χ0) is 22.8. The molecule has 2 N–H and O–H groups in total. The van der Waals surface area contributed by atoms with Crippen molar-refractivity contribution in [3.63, 3.8) is 0 Å². The van der Waals surface area contributed by atoms with Crippen LogP contribution in [0.3, 0.4) is 0 Å². The maximum Gasteiger partial charge on any atom is 0.225 e. The number of amides is 1. The van der Waals surface area contributed by atoms with Gasteiger partial charge in [0.15, 0.2) is 0 Å². The van der Waals surface area contributed by atoms with Gasteiger partial charge in [0.05, 0.1) is 28.4 Å². The Morgan fingerprint density at radius 1 is 1.47 bits per heavy atom. The predicted octanol–water partition coefficient (Wildman–Crippen LogP) is 5.25. The number of rotatable bonds is 7. The van der Waals surface area contributed by atoms with Gasteiger partial charge in [-0.3, -0.25) is 4.79 Å². The van der Waals surface area contributed by atoms with Crippen LogP contribution in [-0.4, -0.2) is 48.1 Å². The molecule has 1 aliphatic rings. The molecule has 8 nitrogen and oxygen atoms in total. The molecule has 0 bridgehead atoms. The number of likely N-dealkylation sites (N-methyl/N-ethyl adjacent to an activating group) is 1. The SMILES string of the molecule is COCCN(C)C(=O)C1CCc2c(sc3ncnc(Nc4cc(S)c(N=N)cc4Cl)c23)C1. The Hall–Kier alpha value is -2.27. The Morgan fingerprint density at radius 2 is 2.28 bits per heavy atom. The number of halogens is 1.